The summed E-state index contributed by atoms with van der Waals surface area (Å²) in [6, 6.07) is 21.1. The van der Waals surface area contributed by atoms with Crippen LogP contribution in [0.15, 0.2) is 82.3 Å². The number of carbonyl (C=O) groups excluding carboxylic acids is 1. The average molecular weight is 390 g/mol. The first-order chi connectivity index (χ1) is 13.7. The summed E-state index contributed by atoms with van der Waals surface area (Å²) in [5.41, 5.74) is 2.35. The Morgan fingerprint density at radius 2 is 1.96 bits per heavy atom. The van der Waals surface area contributed by atoms with Gasteiger partial charge in [-0.3, -0.25) is 4.79 Å². The van der Waals surface area contributed by atoms with Crippen LogP contribution in [0, 0.1) is 0 Å². The molecular formula is C21H18N4O2S. The smallest absolute Gasteiger partial charge is 0.274 e. The molecule has 0 unspecified atom stereocenters. The first-order valence-corrected chi connectivity index (χ1v) is 9.94. The zero-order valence-electron chi connectivity index (χ0n) is 15.2. The van der Waals surface area contributed by atoms with Crippen LogP contribution in [0.3, 0.4) is 0 Å². The second-order valence-corrected chi connectivity index (χ2v) is 6.97. The van der Waals surface area contributed by atoms with Crippen LogP contribution in [-0.4, -0.2) is 26.9 Å². The Morgan fingerprint density at radius 3 is 2.79 bits per heavy atom. The molecule has 2 aromatic carbocycles. The number of rotatable bonds is 6. The average Bonchev–Trinajstić information content (AvgIpc) is 3.38. The molecule has 4 aromatic rings. The molecule has 140 valence electrons. The predicted molar refractivity (Wildman–Crippen MR) is 110 cm³/mol. The van der Waals surface area contributed by atoms with Crippen LogP contribution in [0.1, 0.15) is 0 Å². The van der Waals surface area contributed by atoms with E-state index in [0.717, 1.165) is 16.1 Å². The van der Waals surface area contributed by atoms with Crippen molar-refractivity contribution in [3.8, 4) is 23.0 Å². The zero-order valence-corrected chi connectivity index (χ0v) is 16.0. The molecule has 0 spiro atoms. The van der Waals surface area contributed by atoms with Crippen molar-refractivity contribution in [3.63, 3.8) is 0 Å². The van der Waals surface area contributed by atoms with Crippen molar-refractivity contribution in [2.24, 2.45) is 0 Å². The van der Waals surface area contributed by atoms with E-state index in [9.17, 15) is 4.79 Å². The van der Waals surface area contributed by atoms with E-state index in [2.05, 4.69) is 15.5 Å². The van der Waals surface area contributed by atoms with Gasteiger partial charge in [-0.15, -0.1) is 11.8 Å². The summed E-state index contributed by atoms with van der Waals surface area (Å²) >= 11 is 1.63. The number of hydrogen-bond donors (Lipinski definition) is 1. The summed E-state index contributed by atoms with van der Waals surface area (Å²) in [4.78, 5) is 18.0. The molecule has 0 aliphatic heterocycles. The summed E-state index contributed by atoms with van der Waals surface area (Å²) in [6.45, 7) is 0.148. The number of aromatic nitrogens is 3. The number of amides is 1. The fourth-order valence-electron chi connectivity index (χ4n) is 2.83. The van der Waals surface area contributed by atoms with E-state index in [-0.39, 0.29) is 12.5 Å². The third-order valence-electron chi connectivity index (χ3n) is 4.17. The highest BCUT2D eigenvalue weighted by atomic mass is 32.2. The minimum absolute atomic E-state index is 0.126. The van der Waals surface area contributed by atoms with Crippen molar-refractivity contribution < 1.29 is 9.32 Å². The SMILES string of the molecule is CSc1cccc(NC(=O)Cn2cccc2-c2nc(-c3ccccc3)no2)c1. The Hall–Kier alpha value is -3.32. The quantitative estimate of drug-likeness (QED) is 0.488. The standard InChI is InChI=1S/C21H18N4O2S/c1-28-17-10-5-9-16(13-17)22-19(26)14-25-12-6-11-18(25)21-23-20(24-27-21)15-7-3-2-4-8-15/h2-13H,14H2,1H3,(H,22,26). The molecule has 6 nitrogen and oxygen atoms in total. The van der Waals surface area contributed by atoms with Gasteiger partial charge in [-0.25, -0.2) is 0 Å². The van der Waals surface area contributed by atoms with Crippen LogP contribution in [0.5, 0.6) is 0 Å². The maximum atomic E-state index is 12.5. The summed E-state index contributed by atoms with van der Waals surface area (Å²) in [5, 5.41) is 6.97. The normalized spacial score (nSPS) is 10.8. The van der Waals surface area contributed by atoms with Gasteiger partial charge in [-0.05, 0) is 36.6 Å². The number of anilines is 1. The summed E-state index contributed by atoms with van der Waals surface area (Å²) < 4.78 is 7.21. The highest BCUT2D eigenvalue weighted by molar-refractivity contribution is 7.98. The fourth-order valence-corrected chi connectivity index (χ4v) is 3.29. The molecule has 28 heavy (non-hydrogen) atoms. The van der Waals surface area contributed by atoms with Crippen molar-refractivity contribution >= 4 is 23.4 Å². The van der Waals surface area contributed by atoms with E-state index in [4.69, 9.17) is 4.52 Å². The van der Waals surface area contributed by atoms with Gasteiger partial charge in [-0.2, -0.15) is 4.98 Å². The molecule has 0 atom stereocenters. The molecule has 0 bridgehead atoms. The van der Waals surface area contributed by atoms with Gasteiger partial charge in [-0.1, -0.05) is 41.6 Å². The van der Waals surface area contributed by atoms with E-state index in [1.165, 1.54) is 0 Å². The van der Waals surface area contributed by atoms with Crippen molar-refractivity contribution in [1.82, 2.24) is 14.7 Å². The molecular weight excluding hydrogens is 372 g/mol. The number of nitrogens with zero attached hydrogens (tertiary/aromatic N) is 3. The summed E-state index contributed by atoms with van der Waals surface area (Å²) in [6.07, 6.45) is 3.82. The maximum absolute atomic E-state index is 12.5. The zero-order chi connectivity index (χ0) is 19.3. The largest absolute Gasteiger partial charge is 0.334 e. The van der Waals surface area contributed by atoms with Crippen LogP contribution in [0.4, 0.5) is 5.69 Å². The number of benzene rings is 2. The molecule has 1 N–H and O–H groups in total. The van der Waals surface area contributed by atoms with Crippen molar-refractivity contribution in [2.75, 3.05) is 11.6 Å². The van der Waals surface area contributed by atoms with E-state index < -0.39 is 0 Å². The van der Waals surface area contributed by atoms with E-state index in [1.54, 1.807) is 16.3 Å². The van der Waals surface area contributed by atoms with Gasteiger partial charge in [0, 0.05) is 22.3 Å². The minimum Gasteiger partial charge on any atom is -0.334 e. The Balaban J connectivity index is 1.50. The second-order valence-electron chi connectivity index (χ2n) is 6.09. The molecule has 4 rings (SSSR count). The Morgan fingerprint density at radius 1 is 1.11 bits per heavy atom. The van der Waals surface area contributed by atoms with Gasteiger partial charge in [0.25, 0.3) is 5.89 Å². The minimum atomic E-state index is -0.126. The molecule has 0 saturated heterocycles. The number of carbonyl (C=O) groups is 1. The predicted octanol–water partition coefficient (Wildman–Crippen LogP) is 4.57. The van der Waals surface area contributed by atoms with Crippen molar-refractivity contribution in [2.45, 2.75) is 11.4 Å². The van der Waals surface area contributed by atoms with Gasteiger partial charge in [0.15, 0.2) is 0 Å². The van der Waals surface area contributed by atoms with Gasteiger partial charge in [0.05, 0.1) is 0 Å². The Labute approximate surface area is 166 Å². The third kappa shape index (κ3) is 3.99. The molecule has 0 fully saturated rings. The van der Waals surface area contributed by atoms with Gasteiger partial charge in [0.1, 0.15) is 12.2 Å². The number of nitrogens with one attached hydrogen (secondary N) is 1. The van der Waals surface area contributed by atoms with Crippen LogP contribution in [0.2, 0.25) is 0 Å². The first kappa shape index (κ1) is 18.1. The van der Waals surface area contributed by atoms with Crippen LogP contribution >= 0.6 is 11.8 Å². The number of hydrogen-bond acceptors (Lipinski definition) is 5. The number of thioether (sulfide) groups is 1. The molecule has 0 radical (unpaired) electrons. The van der Waals surface area contributed by atoms with Crippen LogP contribution in [-0.2, 0) is 11.3 Å². The Bertz CT molecular complexity index is 1090. The summed E-state index contributed by atoms with van der Waals surface area (Å²) in [7, 11) is 0. The lowest BCUT2D eigenvalue weighted by Crippen LogP contribution is -2.18. The molecule has 2 aromatic heterocycles. The lowest BCUT2D eigenvalue weighted by molar-refractivity contribution is -0.116. The topological polar surface area (TPSA) is 73.0 Å². The Kier molecular flexibility index (Phi) is 5.25. The molecule has 0 aliphatic carbocycles. The molecule has 0 saturated carbocycles. The van der Waals surface area contributed by atoms with Crippen molar-refractivity contribution in [3.05, 3.63) is 72.9 Å². The maximum Gasteiger partial charge on any atom is 0.274 e. The van der Waals surface area contributed by atoms with Crippen LogP contribution < -0.4 is 5.32 Å². The first-order valence-electron chi connectivity index (χ1n) is 8.71. The molecule has 7 heteroatoms. The summed E-state index contributed by atoms with van der Waals surface area (Å²) in [5.74, 6) is 0.765. The van der Waals surface area contributed by atoms with Gasteiger partial charge >= 0.3 is 0 Å². The molecule has 1 amide bonds. The highest BCUT2D eigenvalue weighted by Crippen LogP contribution is 2.23. The van der Waals surface area contributed by atoms with E-state index in [0.29, 0.717) is 17.4 Å². The lowest BCUT2D eigenvalue weighted by atomic mass is 10.2. The van der Waals surface area contributed by atoms with Crippen molar-refractivity contribution in [1.29, 1.82) is 0 Å². The lowest BCUT2D eigenvalue weighted by Gasteiger charge is -2.09. The highest BCUT2D eigenvalue weighted by Gasteiger charge is 2.15. The van der Waals surface area contributed by atoms with E-state index in [1.807, 2.05) is 79.2 Å². The van der Waals surface area contributed by atoms with Gasteiger partial charge in [0.2, 0.25) is 11.7 Å². The molecule has 2 heterocycles. The van der Waals surface area contributed by atoms with E-state index >= 15 is 0 Å². The van der Waals surface area contributed by atoms with Gasteiger partial charge < -0.3 is 14.4 Å². The van der Waals surface area contributed by atoms with Crippen LogP contribution in [0.25, 0.3) is 23.0 Å². The monoisotopic (exact) mass is 390 g/mol. The third-order valence-corrected chi connectivity index (χ3v) is 4.90. The fraction of sp³-hybridized carbons (Fsp3) is 0.0952. The molecule has 0 aliphatic rings. The second kappa shape index (κ2) is 8.14.